The van der Waals surface area contributed by atoms with Crippen molar-refractivity contribution in [1.82, 2.24) is 9.21 Å². The minimum Gasteiger partial charge on any atom is -0.379 e. The number of unbranched alkanes of at least 4 members (excludes halogenated alkanes) is 2. The number of rotatable bonds is 14. The second-order valence-electron chi connectivity index (χ2n) is 7.43. The Labute approximate surface area is 176 Å². The van der Waals surface area contributed by atoms with E-state index in [0.717, 1.165) is 58.9 Å². The highest BCUT2D eigenvalue weighted by Crippen LogP contribution is 2.19. The summed E-state index contributed by atoms with van der Waals surface area (Å²) in [5.74, 6) is 0. The number of piperazine rings is 1. The second kappa shape index (κ2) is 14.2. The van der Waals surface area contributed by atoms with Crippen LogP contribution in [0.3, 0.4) is 0 Å². The molecule has 2 rings (SSSR count). The molecule has 0 N–H and O–H groups in total. The van der Waals surface area contributed by atoms with E-state index in [4.69, 9.17) is 9.47 Å². The first-order valence-electron chi connectivity index (χ1n) is 10.7. The topological polar surface area (TPSA) is 28.2 Å². The molecular weight excluding hydrogens is 370 g/mol. The van der Waals surface area contributed by atoms with Crippen molar-refractivity contribution in [3.05, 3.63) is 29.8 Å². The molecule has 1 aliphatic heterocycles. The molecular formula is C22H39N3O2S. The monoisotopic (exact) mass is 409 g/mol. The molecule has 1 aromatic carbocycles. The molecule has 1 fully saturated rings. The Bertz CT molecular complexity index is 507. The molecule has 1 aliphatic rings. The fraction of sp³-hybridized carbons (Fsp3) is 0.727. The summed E-state index contributed by atoms with van der Waals surface area (Å²) < 4.78 is 13.7. The van der Waals surface area contributed by atoms with Gasteiger partial charge in [-0.2, -0.15) is 0 Å². The fourth-order valence-electron chi connectivity index (χ4n) is 3.33. The van der Waals surface area contributed by atoms with Gasteiger partial charge in [0.1, 0.15) is 0 Å². The molecule has 5 nitrogen and oxygen atoms in total. The van der Waals surface area contributed by atoms with Crippen LogP contribution in [0.15, 0.2) is 24.3 Å². The van der Waals surface area contributed by atoms with Crippen LogP contribution in [0.1, 0.15) is 31.7 Å². The van der Waals surface area contributed by atoms with E-state index in [2.05, 4.69) is 58.6 Å². The SMILES string of the molecule is CCCCCOCCOCCN(C)Cc1ccc(N2CCN(SC)CC2)cc1. The van der Waals surface area contributed by atoms with Crippen LogP contribution in [0.5, 0.6) is 0 Å². The van der Waals surface area contributed by atoms with Crippen molar-refractivity contribution in [3.63, 3.8) is 0 Å². The lowest BCUT2D eigenvalue weighted by Gasteiger charge is -2.34. The van der Waals surface area contributed by atoms with Crippen LogP contribution in [0.4, 0.5) is 5.69 Å². The molecule has 0 saturated carbocycles. The Morgan fingerprint density at radius 3 is 2.25 bits per heavy atom. The zero-order chi connectivity index (χ0) is 20.0. The molecule has 6 heteroatoms. The highest BCUT2D eigenvalue weighted by molar-refractivity contribution is 7.96. The Morgan fingerprint density at radius 1 is 0.929 bits per heavy atom. The van der Waals surface area contributed by atoms with Crippen molar-refractivity contribution in [3.8, 4) is 0 Å². The molecule has 0 unspecified atom stereocenters. The molecule has 1 heterocycles. The second-order valence-corrected chi connectivity index (χ2v) is 8.32. The summed E-state index contributed by atoms with van der Waals surface area (Å²) in [6.45, 7) is 11.6. The van der Waals surface area contributed by atoms with E-state index in [9.17, 15) is 0 Å². The summed E-state index contributed by atoms with van der Waals surface area (Å²) in [6.07, 6.45) is 5.81. The van der Waals surface area contributed by atoms with Crippen LogP contribution >= 0.6 is 11.9 Å². The minimum absolute atomic E-state index is 0.693. The van der Waals surface area contributed by atoms with Gasteiger partial charge in [0.25, 0.3) is 0 Å². The number of hydrogen-bond donors (Lipinski definition) is 0. The fourth-order valence-corrected chi connectivity index (χ4v) is 3.86. The summed E-state index contributed by atoms with van der Waals surface area (Å²) in [7, 11) is 2.15. The van der Waals surface area contributed by atoms with Crippen molar-refractivity contribution in [2.24, 2.45) is 0 Å². The lowest BCUT2D eigenvalue weighted by Crippen LogP contribution is -2.43. The number of likely N-dealkylation sites (N-methyl/N-ethyl adjacent to an activating group) is 1. The van der Waals surface area contributed by atoms with Crippen LogP contribution in [0, 0.1) is 0 Å². The number of benzene rings is 1. The van der Waals surface area contributed by atoms with Crippen molar-refractivity contribution in [2.75, 3.05) is 77.4 Å². The molecule has 0 aliphatic carbocycles. The number of hydrogen-bond acceptors (Lipinski definition) is 6. The Morgan fingerprint density at radius 2 is 1.61 bits per heavy atom. The number of ether oxygens (including phenoxy) is 2. The predicted molar refractivity (Wildman–Crippen MR) is 121 cm³/mol. The predicted octanol–water partition coefficient (Wildman–Crippen LogP) is 3.74. The Kier molecular flexibility index (Phi) is 11.9. The molecule has 1 saturated heterocycles. The van der Waals surface area contributed by atoms with Crippen LogP contribution in [-0.4, -0.2) is 81.7 Å². The van der Waals surface area contributed by atoms with E-state index < -0.39 is 0 Å². The van der Waals surface area contributed by atoms with Crippen molar-refractivity contribution in [1.29, 1.82) is 0 Å². The maximum atomic E-state index is 5.69. The Hall–Kier alpha value is -0.790. The highest BCUT2D eigenvalue weighted by atomic mass is 32.2. The number of nitrogens with zero attached hydrogens (tertiary/aromatic N) is 3. The standard InChI is InChI=1S/C22H39N3O2S/c1-4-5-6-16-26-18-19-27-17-15-23(2)20-21-7-9-22(10-8-21)24-11-13-25(28-3)14-12-24/h7-10H,4-6,11-20H2,1-3H3. The van der Waals surface area contributed by atoms with Crippen LogP contribution in [0.25, 0.3) is 0 Å². The summed E-state index contributed by atoms with van der Waals surface area (Å²) in [5.41, 5.74) is 2.70. The van der Waals surface area contributed by atoms with Gasteiger partial charge in [0.15, 0.2) is 0 Å². The highest BCUT2D eigenvalue weighted by Gasteiger charge is 2.16. The van der Waals surface area contributed by atoms with Crippen LogP contribution < -0.4 is 4.90 Å². The Balaban J connectivity index is 1.56. The van der Waals surface area contributed by atoms with Gasteiger partial charge in [-0.25, -0.2) is 4.31 Å². The molecule has 0 bridgehead atoms. The van der Waals surface area contributed by atoms with Gasteiger partial charge in [0.05, 0.1) is 19.8 Å². The maximum absolute atomic E-state index is 5.69. The summed E-state index contributed by atoms with van der Waals surface area (Å²) in [5, 5.41) is 0. The quantitative estimate of drug-likeness (QED) is 0.343. The molecule has 160 valence electrons. The summed E-state index contributed by atoms with van der Waals surface area (Å²) >= 11 is 1.85. The van der Waals surface area contributed by atoms with Gasteiger partial charge in [-0.1, -0.05) is 43.8 Å². The first-order valence-corrected chi connectivity index (χ1v) is 11.9. The van der Waals surface area contributed by atoms with E-state index >= 15 is 0 Å². The maximum Gasteiger partial charge on any atom is 0.0701 e. The third-order valence-electron chi connectivity index (χ3n) is 5.13. The average molecular weight is 410 g/mol. The van der Waals surface area contributed by atoms with Gasteiger partial charge in [0.2, 0.25) is 0 Å². The minimum atomic E-state index is 0.693. The van der Waals surface area contributed by atoms with Gasteiger partial charge >= 0.3 is 0 Å². The average Bonchev–Trinajstić information content (AvgIpc) is 2.73. The lowest BCUT2D eigenvalue weighted by atomic mass is 10.1. The first kappa shape index (κ1) is 23.5. The van der Waals surface area contributed by atoms with Crippen molar-refractivity contribution < 1.29 is 9.47 Å². The van der Waals surface area contributed by atoms with Gasteiger partial charge in [-0.05, 0) is 37.4 Å². The van der Waals surface area contributed by atoms with E-state index in [1.807, 2.05) is 11.9 Å². The molecule has 0 aromatic heterocycles. The van der Waals surface area contributed by atoms with Crippen LogP contribution in [-0.2, 0) is 16.0 Å². The van der Waals surface area contributed by atoms with Gasteiger partial charge in [-0.3, -0.25) is 4.90 Å². The van der Waals surface area contributed by atoms with E-state index in [-0.39, 0.29) is 0 Å². The van der Waals surface area contributed by atoms with Gasteiger partial charge in [0, 0.05) is 51.6 Å². The van der Waals surface area contributed by atoms with Gasteiger partial charge in [-0.15, -0.1) is 0 Å². The normalized spacial score (nSPS) is 15.5. The first-order chi connectivity index (χ1) is 13.7. The molecule has 0 radical (unpaired) electrons. The summed E-state index contributed by atoms with van der Waals surface area (Å²) in [4.78, 5) is 4.80. The van der Waals surface area contributed by atoms with Gasteiger partial charge < -0.3 is 14.4 Å². The van der Waals surface area contributed by atoms with Crippen molar-refractivity contribution >= 4 is 17.6 Å². The van der Waals surface area contributed by atoms with E-state index in [0.29, 0.717) is 13.2 Å². The molecule has 0 amide bonds. The zero-order valence-electron chi connectivity index (χ0n) is 18.1. The smallest absolute Gasteiger partial charge is 0.0701 e. The van der Waals surface area contributed by atoms with E-state index in [1.165, 1.54) is 24.1 Å². The molecule has 28 heavy (non-hydrogen) atoms. The van der Waals surface area contributed by atoms with Crippen molar-refractivity contribution in [2.45, 2.75) is 32.7 Å². The molecule has 1 aromatic rings. The third kappa shape index (κ3) is 9.14. The number of anilines is 1. The van der Waals surface area contributed by atoms with E-state index in [1.54, 1.807) is 0 Å². The largest absolute Gasteiger partial charge is 0.379 e. The zero-order valence-corrected chi connectivity index (χ0v) is 18.9. The molecule has 0 spiro atoms. The third-order valence-corrected chi connectivity index (χ3v) is 6.01. The molecule has 0 atom stereocenters. The lowest BCUT2D eigenvalue weighted by molar-refractivity contribution is 0.0391. The van der Waals surface area contributed by atoms with Crippen LogP contribution in [0.2, 0.25) is 0 Å². The summed E-state index contributed by atoms with van der Waals surface area (Å²) in [6, 6.07) is 9.06.